The number of piperazine rings is 1. The fraction of sp³-hybridized carbons (Fsp3) is 0.846. The highest BCUT2D eigenvalue weighted by Crippen LogP contribution is 2.17. The summed E-state index contributed by atoms with van der Waals surface area (Å²) in [5, 5.41) is 8.95. The Morgan fingerprint density at radius 1 is 1.10 bits per heavy atom. The molecular weight excluding hydrogens is 296 g/mol. The predicted octanol–water partition coefficient (Wildman–Crippen LogP) is 0.227. The largest absolute Gasteiger partial charge is 0.481 e. The Labute approximate surface area is 126 Å². The summed E-state index contributed by atoms with van der Waals surface area (Å²) in [6, 6.07) is 0. The molecule has 1 saturated heterocycles. The summed E-state index contributed by atoms with van der Waals surface area (Å²) < 4.78 is 25.3. The molecule has 0 saturated carbocycles. The van der Waals surface area contributed by atoms with Crippen molar-refractivity contribution in [1.29, 1.82) is 0 Å². The van der Waals surface area contributed by atoms with Crippen molar-refractivity contribution < 1.29 is 23.1 Å². The van der Waals surface area contributed by atoms with Crippen LogP contribution >= 0.6 is 0 Å². The van der Waals surface area contributed by atoms with E-state index in [0.717, 1.165) is 0 Å². The van der Waals surface area contributed by atoms with E-state index < -0.39 is 27.8 Å². The fourth-order valence-corrected chi connectivity index (χ4v) is 3.78. The first kappa shape index (κ1) is 17.9. The molecule has 21 heavy (non-hydrogen) atoms. The van der Waals surface area contributed by atoms with Crippen LogP contribution in [-0.2, 0) is 19.6 Å². The monoisotopic (exact) mass is 320 g/mol. The van der Waals surface area contributed by atoms with E-state index in [2.05, 4.69) is 0 Å². The first-order chi connectivity index (χ1) is 9.70. The summed E-state index contributed by atoms with van der Waals surface area (Å²) in [7, 11) is -3.23. The Hall–Kier alpha value is -1.15. The van der Waals surface area contributed by atoms with Gasteiger partial charge in [0.1, 0.15) is 0 Å². The van der Waals surface area contributed by atoms with Crippen molar-refractivity contribution in [2.75, 3.05) is 31.9 Å². The first-order valence-electron chi connectivity index (χ1n) is 7.20. The lowest BCUT2D eigenvalue weighted by Gasteiger charge is -2.35. The maximum atomic E-state index is 12.2. The van der Waals surface area contributed by atoms with Crippen molar-refractivity contribution in [1.82, 2.24) is 9.21 Å². The van der Waals surface area contributed by atoms with Gasteiger partial charge < -0.3 is 10.0 Å². The summed E-state index contributed by atoms with van der Waals surface area (Å²) >= 11 is 0. The van der Waals surface area contributed by atoms with Gasteiger partial charge in [-0.05, 0) is 6.42 Å². The highest BCUT2D eigenvalue weighted by atomic mass is 32.2. The van der Waals surface area contributed by atoms with Crippen molar-refractivity contribution >= 4 is 21.9 Å². The second kappa shape index (κ2) is 7.22. The SMILES string of the molecule is CCCS(=O)(=O)N1CCN(C(=O)C(C)C(C)C(=O)O)CC1. The molecule has 0 spiro atoms. The van der Waals surface area contributed by atoms with Gasteiger partial charge in [-0.1, -0.05) is 20.8 Å². The quantitative estimate of drug-likeness (QED) is 0.756. The maximum absolute atomic E-state index is 12.2. The van der Waals surface area contributed by atoms with Crippen LogP contribution < -0.4 is 0 Å². The molecule has 1 rings (SSSR count). The van der Waals surface area contributed by atoms with Gasteiger partial charge in [0.15, 0.2) is 0 Å². The van der Waals surface area contributed by atoms with E-state index in [0.29, 0.717) is 19.5 Å². The number of hydrogen-bond acceptors (Lipinski definition) is 4. The van der Waals surface area contributed by atoms with Crippen LogP contribution in [-0.4, -0.2) is 66.5 Å². The van der Waals surface area contributed by atoms with Gasteiger partial charge in [-0.15, -0.1) is 0 Å². The minimum Gasteiger partial charge on any atom is -0.481 e. The molecule has 1 aliphatic heterocycles. The molecule has 0 radical (unpaired) electrons. The molecule has 1 fully saturated rings. The van der Waals surface area contributed by atoms with Crippen molar-refractivity contribution in [2.45, 2.75) is 27.2 Å². The van der Waals surface area contributed by atoms with Crippen LogP contribution in [0.4, 0.5) is 0 Å². The van der Waals surface area contributed by atoms with Crippen LogP contribution in [0.1, 0.15) is 27.2 Å². The van der Waals surface area contributed by atoms with E-state index in [-0.39, 0.29) is 24.7 Å². The summed E-state index contributed by atoms with van der Waals surface area (Å²) in [6.07, 6.45) is 0.564. The number of aliphatic carboxylic acids is 1. The van der Waals surface area contributed by atoms with Gasteiger partial charge in [0, 0.05) is 32.1 Å². The lowest BCUT2D eigenvalue weighted by Crippen LogP contribution is -2.52. The van der Waals surface area contributed by atoms with Gasteiger partial charge in [-0.2, -0.15) is 4.31 Å². The molecule has 1 amide bonds. The summed E-state index contributed by atoms with van der Waals surface area (Å²) in [6.45, 7) is 6.11. The maximum Gasteiger partial charge on any atom is 0.307 e. The van der Waals surface area contributed by atoms with Crippen LogP contribution in [0.15, 0.2) is 0 Å². The molecule has 1 N–H and O–H groups in total. The normalized spacial score (nSPS) is 20.0. The zero-order chi connectivity index (χ0) is 16.2. The minimum absolute atomic E-state index is 0.118. The summed E-state index contributed by atoms with van der Waals surface area (Å²) in [5.41, 5.74) is 0. The van der Waals surface area contributed by atoms with E-state index in [1.54, 1.807) is 11.8 Å². The van der Waals surface area contributed by atoms with Crippen LogP contribution in [0, 0.1) is 11.8 Å². The second-order valence-electron chi connectivity index (χ2n) is 5.46. The number of hydrogen-bond donors (Lipinski definition) is 1. The highest BCUT2D eigenvalue weighted by molar-refractivity contribution is 7.89. The Bertz CT molecular complexity index is 483. The Morgan fingerprint density at radius 3 is 2.05 bits per heavy atom. The molecule has 8 heteroatoms. The Kier molecular flexibility index (Phi) is 6.15. The van der Waals surface area contributed by atoms with Gasteiger partial charge >= 0.3 is 5.97 Å². The molecule has 2 atom stereocenters. The Morgan fingerprint density at radius 2 is 1.62 bits per heavy atom. The van der Waals surface area contributed by atoms with Crippen LogP contribution in [0.25, 0.3) is 0 Å². The molecular formula is C13H24N2O5S. The minimum atomic E-state index is -3.23. The topological polar surface area (TPSA) is 95.0 Å². The molecule has 1 aliphatic rings. The third kappa shape index (κ3) is 4.41. The smallest absolute Gasteiger partial charge is 0.307 e. The lowest BCUT2D eigenvalue weighted by atomic mass is 9.94. The van der Waals surface area contributed by atoms with E-state index >= 15 is 0 Å². The number of carbonyl (C=O) groups is 2. The number of rotatable bonds is 6. The highest BCUT2D eigenvalue weighted by Gasteiger charge is 2.33. The number of amides is 1. The number of sulfonamides is 1. The third-order valence-corrected chi connectivity index (χ3v) is 6.01. The standard InChI is InChI=1S/C13H24N2O5S/c1-4-9-21(19,20)15-7-5-14(6-8-15)12(16)10(2)11(3)13(17)18/h10-11H,4-9H2,1-3H3,(H,17,18). The van der Waals surface area contributed by atoms with Gasteiger partial charge in [0.05, 0.1) is 11.7 Å². The van der Waals surface area contributed by atoms with Gasteiger partial charge in [0.25, 0.3) is 0 Å². The van der Waals surface area contributed by atoms with Gasteiger partial charge in [-0.25, -0.2) is 8.42 Å². The molecule has 0 bridgehead atoms. The zero-order valence-corrected chi connectivity index (χ0v) is 13.6. The van der Waals surface area contributed by atoms with E-state index in [4.69, 9.17) is 5.11 Å². The molecule has 7 nitrogen and oxygen atoms in total. The lowest BCUT2D eigenvalue weighted by molar-refractivity contribution is -0.149. The van der Waals surface area contributed by atoms with Gasteiger partial charge in [0.2, 0.25) is 15.9 Å². The van der Waals surface area contributed by atoms with Crippen LogP contribution in [0.2, 0.25) is 0 Å². The first-order valence-corrected chi connectivity index (χ1v) is 8.81. The number of carbonyl (C=O) groups excluding carboxylic acids is 1. The molecule has 2 unspecified atom stereocenters. The molecule has 0 aromatic heterocycles. The summed E-state index contributed by atoms with van der Waals surface area (Å²) in [4.78, 5) is 24.7. The number of carboxylic acid groups (broad SMARTS) is 1. The van der Waals surface area contributed by atoms with Crippen molar-refractivity contribution in [2.24, 2.45) is 11.8 Å². The number of carboxylic acids is 1. The van der Waals surface area contributed by atoms with Crippen LogP contribution in [0.3, 0.4) is 0 Å². The average molecular weight is 320 g/mol. The van der Waals surface area contributed by atoms with E-state index in [9.17, 15) is 18.0 Å². The molecule has 1 heterocycles. The molecule has 0 aromatic rings. The third-order valence-electron chi connectivity index (χ3n) is 3.93. The molecule has 0 aliphatic carbocycles. The van der Waals surface area contributed by atoms with Crippen LogP contribution in [0.5, 0.6) is 0 Å². The number of nitrogens with zero attached hydrogens (tertiary/aromatic N) is 2. The predicted molar refractivity (Wildman–Crippen MR) is 78.2 cm³/mol. The summed E-state index contributed by atoms with van der Waals surface area (Å²) in [5.74, 6) is -2.47. The van der Waals surface area contributed by atoms with Gasteiger partial charge in [-0.3, -0.25) is 9.59 Å². The van der Waals surface area contributed by atoms with Crippen molar-refractivity contribution in [3.63, 3.8) is 0 Å². The van der Waals surface area contributed by atoms with Crippen molar-refractivity contribution in [3.05, 3.63) is 0 Å². The van der Waals surface area contributed by atoms with E-state index in [1.165, 1.54) is 11.2 Å². The fourth-order valence-electron chi connectivity index (χ4n) is 2.29. The van der Waals surface area contributed by atoms with Crippen molar-refractivity contribution in [3.8, 4) is 0 Å². The van der Waals surface area contributed by atoms with E-state index in [1.807, 2.05) is 6.92 Å². The second-order valence-corrected chi connectivity index (χ2v) is 7.54. The Balaban J connectivity index is 2.61. The zero-order valence-electron chi connectivity index (χ0n) is 12.8. The molecule has 122 valence electrons. The molecule has 0 aromatic carbocycles. The average Bonchev–Trinajstić information content (AvgIpc) is 2.45.